The fourth-order valence-corrected chi connectivity index (χ4v) is 5.85. The summed E-state index contributed by atoms with van der Waals surface area (Å²) in [7, 11) is 0. The van der Waals surface area contributed by atoms with Crippen LogP contribution in [0.1, 0.15) is 162 Å². The molecule has 4 unspecified atom stereocenters. The lowest BCUT2D eigenvalue weighted by Crippen LogP contribution is -2.31. The van der Waals surface area contributed by atoms with Crippen LogP contribution < -0.4 is 11.5 Å². The van der Waals surface area contributed by atoms with Crippen molar-refractivity contribution in [3.05, 3.63) is 277 Å². The van der Waals surface area contributed by atoms with Crippen molar-refractivity contribution in [2.75, 3.05) is 13.1 Å². The summed E-state index contributed by atoms with van der Waals surface area (Å²) in [6, 6.07) is 50.1. The van der Waals surface area contributed by atoms with E-state index in [0.29, 0.717) is 32.0 Å². The first-order valence-electron chi connectivity index (χ1n) is 26.3. The molecule has 5 nitrogen and oxygen atoms in total. The van der Waals surface area contributed by atoms with E-state index in [1.54, 1.807) is 12.2 Å². The Bertz CT molecular complexity index is 2060. The van der Waals surface area contributed by atoms with Gasteiger partial charge < -0.3 is 26.0 Å². The van der Waals surface area contributed by atoms with E-state index in [0.717, 1.165) is 42.4 Å². The van der Waals surface area contributed by atoms with Crippen LogP contribution in [0.4, 0.5) is 0 Å². The summed E-state index contributed by atoms with van der Waals surface area (Å²) >= 11 is 0. The van der Waals surface area contributed by atoms with E-state index < -0.39 is 5.54 Å². The van der Waals surface area contributed by atoms with E-state index in [1.807, 2.05) is 222 Å². The monoisotopic (exact) mass is 988 g/mol. The number of allylic oxidation sites excluding steroid dienone is 3. The van der Waals surface area contributed by atoms with Crippen LogP contribution in [-0.4, -0.2) is 13.1 Å². The second-order valence-corrected chi connectivity index (χ2v) is 14.8. The van der Waals surface area contributed by atoms with Crippen LogP contribution in [-0.2, 0) is 17.5 Å². The maximum absolute atomic E-state index is 7.17. The molecule has 5 aromatic rings. The summed E-state index contributed by atoms with van der Waals surface area (Å²) in [4.78, 5) is 10.4. The molecule has 0 saturated carbocycles. The Hall–Kier alpha value is -6.81. The van der Waals surface area contributed by atoms with E-state index >= 15 is 0 Å². The normalized spacial score (nSPS) is 10.9. The van der Waals surface area contributed by atoms with Crippen molar-refractivity contribution in [2.24, 2.45) is 11.5 Å². The van der Waals surface area contributed by atoms with E-state index in [2.05, 4.69) is 85.5 Å². The molecule has 73 heavy (non-hydrogen) atoms. The van der Waals surface area contributed by atoms with Gasteiger partial charge in [-0.2, -0.15) is 0 Å². The maximum Gasteiger partial charge on any atom is 0.258 e. The zero-order valence-corrected chi connectivity index (χ0v) is 48.2. The van der Waals surface area contributed by atoms with Gasteiger partial charge in [0, 0.05) is 48.4 Å². The molecule has 0 amide bonds. The predicted molar refractivity (Wildman–Crippen MR) is 330 cm³/mol. The first kappa shape index (κ1) is 77.6. The van der Waals surface area contributed by atoms with Crippen LogP contribution in [0.15, 0.2) is 215 Å². The number of hydrogen-bond acceptors (Lipinski definition) is 2. The van der Waals surface area contributed by atoms with E-state index in [9.17, 15) is 0 Å². The van der Waals surface area contributed by atoms with Crippen molar-refractivity contribution < 1.29 is 0 Å². The molecule has 398 valence electrons. The molecule has 0 spiro atoms. The molecule has 5 rings (SSSR count). The molecule has 0 aliphatic rings. The lowest BCUT2D eigenvalue weighted by Gasteiger charge is -2.27. The maximum atomic E-state index is 7.17. The summed E-state index contributed by atoms with van der Waals surface area (Å²) in [5, 5.41) is 0. The van der Waals surface area contributed by atoms with Crippen LogP contribution in [0.25, 0.3) is 14.5 Å². The van der Waals surface area contributed by atoms with Gasteiger partial charge in [-0.1, -0.05) is 265 Å². The second-order valence-electron chi connectivity index (χ2n) is 14.8. The van der Waals surface area contributed by atoms with Gasteiger partial charge in [-0.3, -0.25) is 0 Å². The first-order chi connectivity index (χ1) is 35.6. The highest BCUT2D eigenvalue weighted by Crippen LogP contribution is 2.29. The summed E-state index contributed by atoms with van der Waals surface area (Å²) in [6.07, 6.45) is 13.7. The third-order valence-electron chi connectivity index (χ3n) is 9.83. The van der Waals surface area contributed by atoms with Gasteiger partial charge in [0.05, 0.1) is 0 Å². The van der Waals surface area contributed by atoms with Crippen molar-refractivity contribution in [3.8, 4) is 0 Å². The number of nitrogens with two attached hydrogens (primary N) is 2. The standard InChI is InChI=1S/C12H13N.C12H17N.C11H11N.C11H15N.C8H7N.C4H8.5C2H6/c1-4-10-12(2,13-3)11-8-6-5-7-9-11;1-3-9-12(2,10-13)11-7-5-4-6-8-11;1-3-7-11(12-2)10-8-5-4-6-9-10;1-2-6-11(9-12)10-7-4-3-5-8-10;1-9-7-8-5-3-2-4-6-8;1-3-4-2;5*1-2/h4-9H,1,10H2,2H3;3-8H,1,9-10,13H2,2H3;3-6,8-9,11H,1,7H2;2-5,7-8,11H,1,6,9,12H2;2-6H,7H2;3H,1,4H2,2H3;5*1-2H3. The molecule has 5 heteroatoms. The summed E-state index contributed by atoms with van der Waals surface area (Å²) in [5.74, 6) is 0.434. The molecule has 0 heterocycles. The van der Waals surface area contributed by atoms with Crippen molar-refractivity contribution in [3.63, 3.8) is 0 Å². The van der Waals surface area contributed by atoms with Gasteiger partial charge in [-0.05, 0) is 42.9 Å². The average molecular weight is 989 g/mol. The van der Waals surface area contributed by atoms with Gasteiger partial charge in [0.1, 0.15) is 0 Å². The van der Waals surface area contributed by atoms with Crippen LogP contribution in [0.5, 0.6) is 0 Å². The minimum absolute atomic E-state index is 0.0447. The molecular weight excluding hydrogens is 887 g/mol. The molecular formula is C68H101N5. The van der Waals surface area contributed by atoms with Crippen LogP contribution in [0.2, 0.25) is 0 Å². The second kappa shape index (κ2) is 59.5. The van der Waals surface area contributed by atoms with Crippen LogP contribution in [0.3, 0.4) is 0 Å². The largest absolute Gasteiger partial charge is 0.330 e. The van der Waals surface area contributed by atoms with Crippen molar-refractivity contribution >= 4 is 0 Å². The Morgan fingerprint density at radius 2 is 0.863 bits per heavy atom. The highest BCUT2D eigenvalue weighted by molar-refractivity contribution is 5.28. The SMILES string of the molecule is C=CCC.C=CCC(C)(CN)c1ccccc1.C=CCC(CN)c1ccccc1.CC.CC.CC.CC.CC.[C-]#[N+]C(C)(CC=C)c1ccccc1.[C-]#[N+]C(CC=C)c1ccccc1.[C-]#[N+]Cc1ccccc1. The van der Waals surface area contributed by atoms with Gasteiger partial charge in [-0.25, -0.2) is 19.7 Å². The Balaban J connectivity index is -0.000000181. The number of benzene rings is 5. The molecule has 0 aliphatic carbocycles. The van der Waals surface area contributed by atoms with Crippen LogP contribution >= 0.6 is 0 Å². The van der Waals surface area contributed by atoms with Gasteiger partial charge in [0.2, 0.25) is 6.54 Å². The Labute approximate surface area is 451 Å². The molecule has 0 aliphatic heterocycles. The number of hydrogen-bond donors (Lipinski definition) is 2. The van der Waals surface area contributed by atoms with Crippen molar-refractivity contribution in [2.45, 2.75) is 152 Å². The van der Waals surface area contributed by atoms with Gasteiger partial charge in [0.25, 0.3) is 11.6 Å². The molecule has 4 atom stereocenters. The minimum atomic E-state index is -0.441. The quantitative estimate of drug-likeness (QED) is 0.0764. The average Bonchev–Trinajstić information content (AvgIpc) is 3.48. The fourth-order valence-electron chi connectivity index (χ4n) is 5.85. The van der Waals surface area contributed by atoms with Crippen LogP contribution in [0, 0.1) is 19.7 Å². The zero-order chi connectivity index (χ0) is 57.0. The van der Waals surface area contributed by atoms with Gasteiger partial charge in [0.15, 0.2) is 0 Å². The fraction of sp³-hybridized carbons (Fsp3) is 0.368. The predicted octanol–water partition coefficient (Wildman–Crippen LogP) is 20.2. The third-order valence-corrected chi connectivity index (χ3v) is 9.83. The van der Waals surface area contributed by atoms with E-state index in [4.69, 9.17) is 31.2 Å². The van der Waals surface area contributed by atoms with E-state index in [1.165, 1.54) is 11.1 Å². The molecule has 0 aromatic heterocycles. The Morgan fingerprint density at radius 3 is 1.18 bits per heavy atom. The lowest BCUT2D eigenvalue weighted by atomic mass is 9.80. The highest BCUT2D eigenvalue weighted by atomic mass is 14.8. The molecule has 0 radical (unpaired) electrons. The topological polar surface area (TPSA) is 65.1 Å². The van der Waals surface area contributed by atoms with Gasteiger partial charge in [-0.15, -0.1) is 32.9 Å². The summed E-state index contributed by atoms with van der Waals surface area (Å²) in [6.45, 7) is 67.0. The Morgan fingerprint density at radius 1 is 0.493 bits per heavy atom. The first-order valence-corrected chi connectivity index (χ1v) is 26.3. The molecule has 5 aromatic carbocycles. The third kappa shape index (κ3) is 39.5. The van der Waals surface area contributed by atoms with Gasteiger partial charge >= 0.3 is 0 Å². The highest BCUT2D eigenvalue weighted by Gasteiger charge is 2.30. The smallest absolute Gasteiger partial charge is 0.258 e. The molecule has 4 N–H and O–H groups in total. The lowest BCUT2D eigenvalue weighted by molar-refractivity contribution is 0.491. The molecule has 0 saturated heterocycles. The molecule has 0 fully saturated rings. The molecule has 0 bridgehead atoms. The summed E-state index contributed by atoms with van der Waals surface area (Å²) in [5.41, 5.74) is 16.8. The van der Waals surface area contributed by atoms with Crippen molar-refractivity contribution in [1.82, 2.24) is 0 Å². The Kier molecular flexibility index (Phi) is 63.3. The zero-order valence-electron chi connectivity index (χ0n) is 48.2. The van der Waals surface area contributed by atoms with Crippen molar-refractivity contribution in [1.29, 1.82) is 0 Å². The van der Waals surface area contributed by atoms with E-state index in [-0.39, 0.29) is 11.5 Å². The summed E-state index contributed by atoms with van der Waals surface area (Å²) < 4.78 is 0. The number of nitrogens with zero attached hydrogens (tertiary/aromatic N) is 3. The number of rotatable bonds is 16. The minimum Gasteiger partial charge on any atom is -0.330 e.